The highest BCUT2D eigenvalue weighted by Gasteiger charge is 2.26. The molecule has 0 saturated heterocycles. The Labute approximate surface area is 336 Å². The van der Waals surface area contributed by atoms with Crippen LogP contribution in [0.15, 0.2) is 188 Å². The Morgan fingerprint density at radius 3 is 1.73 bits per heavy atom. The van der Waals surface area contributed by atoms with E-state index in [4.69, 9.17) is 9.97 Å². The third-order valence-corrected chi connectivity index (χ3v) is 12.7. The van der Waals surface area contributed by atoms with Gasteiger partial charge in [0.1, 0.15) is 0 Å². The van der Waals surface area contributed by atoms with Crippen LogP contribution < -0.4 is 0 Å². The van der Waals surface area contributed by atoms with Crippen LogP contribution in [0.5, 0.6) is 0 Å². The molecule has 59 heavy (non-hydrogen) atoms. The van der Waals surface area contributed by atoms with Gasteiger partial charge in [-0.15, -0.1) is 0 Å². The number of fused-ring (bicyclic) bond motifs is 15. The predicted molar refractivity (Wildman–Crippen MR) is 246 cm³/mol. The van der Waals surface area contributed by atoms with Crippen molar-refractivity contribution in [3.8, 4) is 22.9 Å². The number of rotatable bonds is 3. The number of para-hydroxylation sites is 5. The molecule has 0 aliphatic carbocycles. The Balaban J connectivity index is 1.12. The van der Waals surface area contributed by atoms with Crippen molar-refractivity contribution in [1.29, 1.82) is 0 Å². The van der Waals surface area contributed by atoms with E-state index in [9.17, 15) is 0 Å². The smallest absolute Gasteiger partial charge is 0.235 e. The highest BCUT2D eigenvalue weighted by Crippen LogP contribution is 2.47. The summed E-state index contributed by atoms with van der Waals surface area (Å²) in [6, 6.07) is 68.0. The zero-order valence-corrected chi connectivity index (χ0v) is 31.6. The van der Waals surface area contributed by atoms with E-state index in [1.54, 1.807) is 0 Å². The predicted octanol–water partition coefficient (Wildman–Crippen LogP) is 13.8. The Hall–Kier alpha value is -8.02. The molecule has 5 heteroatoms. The fraction of sp³-hybridized carbons (Fsp3) is 0. The summed E-state index contributed by atoms with van der Waals surface area (Å²) in [5.74, 6) is 0.657. The number of hydrogen-bond donors (Lipinski definition) is 0. The number of hydrogen-bond acceptors (Lipinski definition) is 2. The van der Waals surface area contributed by atoms with Crippen LogP contribution in [0.2, 0.25) is 0 Å². The fourth-order valence-corrected chi connectivity index (χ4v) is 10.3. The summed E-state index contributed by atoms with van der Waals surface area (Å²) in [5.41, 5.74) is 12.2. The van der Waals surface area contributed by atoms with Gasteiger partial charge in [0.25, 0.3) is 0 Å². The molecule has 0 amide bonds. The fourth-order valence-electron chi connectivity index (χ4n) is 10.3. The largest absolute Gasteiger partial charge is 0.309 e. The van der Waals surface area contributed by atoms with Gasteiger partial charge in [0, 0.05) is 59.7 Å². The van der Waals surface area contributed by atoms with E-state index >= 15 is 0 Å². The molecule has 0 atom stereocenters. The average molecular weight is 750 g/mol. The van der Waals surface area contributed by atoms with Crippen molar-refractivity contribution in [1.82, 2.24) is 23.5 Å². The van der Waals surface area contributed by atoms with Crippen LogP contribution in [0.3, 0.4) is 0 Å². The molecule has 14 aromatic rings. The molecule has 0 fully saturated rings. The summed E-state index contributed by atoms with van der Waals surface area (Å²) in [7, 11) is 0. The quantitative estimate of drug-likeness (QED) is 0.180. The SMILES string of the molecule is c1ccc(-n2c3ccccc3c3cc(-c4nc(-n5c6ccccc6c6cc7c8ccccc8n8c9cc%10ccccc%10cc9c(c65)c78)nc5ccccc45)ccc32)cc1. The Morgan fingerprint density at radius 2 is 0.932 bits per heavy atom. The second kappa shape index (κ2) is 11.3. The molecule has 0 aliphatic rings. The molecule has 272 valence electrons. The lowest BCUT2D eigenvalue weighted by molar-refractivity contribution is 1.02. The van der Waals surface area contributed by atoms with Crippen molar-refractivity contribution in [2.24, 2.45) is 0 Å². The van der Waals surface area contributed by atoms with E-state index in [1.807, 2.05) is 0 Å². The Kier molecular flexibility index (Phi) is 5.96. The van der Waals surface area contributed by atoms with E-state index in [1.165, 1.54) is 75.9 Å². The second-order valence-corrected chi connectivity index (χ2v) is 15.8. The molecule has 0 N–H and O–H groups in total. The minimum atomic E-state index is 0.657. The van der Waals surface area contributed by atoms with Gasteiger partial charge in [0.15, 0.2) is 0 Å². The van der Waals surface area contributed by atoms with Crippen molar-refractivity contribution in [3.05, 3.63) is 188 Å². The highest BCUT2D eigenvalue weighted by molar-refractivity contribution is 6.35. The van der Waals surface area contributed by atoms with Crippen LogP contribution in [0.1, 0.15) is 0 Å². The van der Waals surface area contributed by atoms with Gasteiger partial charge < -0.3 is 8.97 Å². The third kappa shape index (κ3) is 4.08. The molecule has 0 spiro atoms. The molecule has 0 bridgehead atoms. The zero-order chi connectivity index (χ0) is 38.3. The molecule has 0 unspecified atom stereocenters. The molecule has 14 rings (SSSR count). The zero-order valence-electron chi connectivity index (χ0n) is 31.6. The molecule has 5 aromatic heterocycles. The van der Waals surface area contributed by atoms with Crippen molar-refractivity contribution >= 4 is 103 Å². The topological polar surface area (TPSA) is 40.0 Å². The van der Waals surface area contributed by atoms with Crippen LogP contribution in [0.25, 0.3) is 126 Å². The van der Waals surface area contributed by atoms with Crippen LogP contribution in [-0.4, -0.2) is 23.5 Å². The summed E-state index contributed by atoms with van der Waals surface area (Å²) in [6.07, 6.45) is 0. The Bertz CT molecular complexity index is 4070. The van der Waals surface area contributed by atoms with Gasteiger partial charge in [-0.25, -0.2) is 9.97 Å². The summed E-state index contributed by atoms with van der Waals surface area (Å²) in [5, 5.41) is 13.2. The third-order valence-electron chi connectivity index (χ3n) is 12.7. The van der Waals surface area contributed by atoms with Gasteiger partial charge in [-0.2, -0.15) is 0 Å². The maximum Gasteiger partial charge on any atom is 0.235 e. The standard InChI is InChI=1S/C54H31N5/c1-2-16-35(17-3-1)57-45-23-11-7-18-36(45)40-29-34(26-27-48(40)57)51-39-21-6-10-22-44(39)55-54(56-51)59-47-25-13-9-20-38(47)42-31-41-37-19-8-12-24-46(37)58-49-30-33-15-5-4-14-32(33)28-43(49)50(52(41)58)53(42)59/h1-31H. The first-order valence-electron chi connectivity index (χ1n) is 20.2. The molecule has 0 saturated carbocycles. The number of benzene rings is 9. The molecular formula is C54H31N5. The highest BCUT2D eigenvalue weighted by atomic mass is 15.2. The van der Waals surface area contributed by atoms with E-state index in [0.717, 1.165) is 44.4 Å². The van der Waals surface area contributed by atoms with Gasteiger partial charge in [-0.05, 0) is 77.5 Å². The molecule has 9 aromatic carbocycles. The lowest BCUT2D eigenvalue weighted by Gasteiger charge is -2.13. The van der Waals surface area contributed by atoms with E-state index < -0.39 is 0 Å². The molecule has 0 radical (unpaired) electrons. The second-order valence-electron chi connectivity index (χ2n) is 15.8. The first kappa shape index (κ1) is 31.1. The summed E-state index contributed by atoms with van der Waals surface area (Å²) >= 11 is 0. The van der Waals surface area contributed by atoms with Gasteiger partial charge >= 0.3 is 0 Å². The first-order valence-corrected chi connectivity index (χ1v) is 20.2. The maximum absolute atomic E-state index is 5.63. The van der Waals surface area contributed by atoms with Crippen LogP contribution >= 0.6 is 0 Å². The summed E-state index contributed by atoms with van der Waals surface area (Å²) < 4.78 is 7.18. The molecular weight excluding hydrogens is 719 g/mol. The molecule has 5 nitrogen and oxygen atoms in total. The van der Waals surface area contributed by atoms with Crippen molar-refractivity contribution in [2.75, 3.05) is 0 Å². The van der Waals surface area contributed by atoms with Crippen LogP contribution in [0.4, 0.5) is 0 Å². The van der Waals surface area contributed by atoms with Crippen molar-refractivity contribution < 1.29 is 0 Å². The van der Waals surface area contributed by atoms with E-state index in [-0.39, 0.29) is 0 Å². The summed E-state index contributed by atoms with van der Waals surface area (Å²) in [6.45, 7) is 0. The minimum absolute atomic E-state index is 0.657. The first-order chi connectivity index (χ1) is 29.3. The lowest BCUT2D eigenvalue weighted by atomic mass is 10.0. The lowest BCUT2D eigenvalue weighted by Crippen LogP contribution is -2.03. The van der Waals surface area contributed by atoms with Crippen molar-refractivity contribution in [3.63, 3.8) is 0 Å². The number of nitrogens with zero attached hydrogens (tertiary/aromatic N) is 5. The Morgan fingerprint density at radius 1 is 0.339 bits per heavy atom. The molecule has 0 aliphatic heterocycles. The van der Waals surface area contributed by atoms with Gasteiger partial charge in [-0.1, -0.05) is 121 Å². The summed E-state index contributed by atoms with van der Waals surface area (Å²) in [4.78, 5) is 11.0. The monoisotopic (exact) mass is 749 g/mol. The van der Waals surface area contributed by atoms with Gasteiger partial charge in [0.2, 0.25) is 5.95 Å². The minimum Gasteiger partial charge on any atom is -0.309 e. The van der Waals surface area contributed by atoms with Crippen molar-refractivity contribution in [2.45, 2.75) is 0 Å². The maximum atomic E-state index is 5.63. The van der Waals surface area contributed by atoms with E-state index in [0.29, 0.717) is 5.95 Å². The normalized spacial score (nSPS) is 12.4. The van der Waals surface area contributed by atoms with Gasteiger partial charge in [0.05, 0.1) is 49.8 Å². The average Bonchev–Trinajstić information content (AvgIpc) is 4.02. The van der Waals surface area contributed by atoms with Crippen LogP contribution in [-0.2, 0) is 0 Å². The number of aromatic nitrogens is 5. The van der Waals surface area contributed by atoms with E-state index in [2.05, 4.69) is 202 Å². The molecule has 5 heterocycles. The van der Waals surface area contributed by atoms with Gasteiger partial charge in [-0.3, -0.25) is 4.57 Å². The van der Waals surface area contributed by atoms with Crippen LogP contribution in [0, 0.1) is 0 Å².